The summed E-state index contributed by atoms with van der Waals surface area (Å²) in [7, 11) is 0. The van der Waals surface area contributed by atoms with Crippen LogP contribution in [0.2, 0.25) is 0 Å². The summed E-state index contributed by atoms with van der Waals surface area (Å²) in [5.41, 5.74) is 1.94. The van der Waals surface area contributed by atoms with Crippen molar-refractivity contribution < 1.29 is 4.42 Å². The first kappa shape index (κ1) is 13.0. The van der Waals surface area contributed by atoms with E-state index in [9.17, 15) is 0 Å². The SMILES string of the molecule is CC(NCc1csc(-c2ccccn2)n1)c1ccco1. The van der Waals surface area contributed by atoms with Gasteiger partial charge in [-0.25, -0.2) is 4.98 Å². The van der Waals surface area contributed by atoms with Crippen molar-refractivity contribution in [2.24, 2.45) is 0 Å². The second-order valence-electron chi connectivity index (χ2n) is 4.48. The Morgan fingerprint density at radius 1 is 1.30 bits per heavy atom. The van der Waals surface area contributed by atoms with Gasteiger partial charge in [-0.1, -0.05) is 6.07 Å². The van der Waals surface area contributed by atoms with E-state index >= 15 is 0 Å². The van der Waals surface area contributed by atoms with Crippen molar-refractivity contribution in [3.05, 3.63) is 59.6 Å². The Labute approximate surface area is 121 Å². The van der Waals surface area contributed by atoms with Crippen LogP contribution in [0.15, 0.2) is 52.6 Å². The van der Waals surface area contributed by atoms with E-state index in [-0.39, 0.29) is 6.04 Å². The molecule has 0 spiro atoms. The fourth-order valence-corrected chi connectivity index (χ4v) is 2.69. The van der Waals surface area contributed by atoms with Crippen molar-refractivity contribution in [2.75, 3.05) is 0 Å². The zero-order valence-corrected chi connectivity index (χ0v) is 11.9. The summed E-state index contributed by atoms with van der Waals surface area (Å²) in [6.45, 7) is 2.79. The molecule has 0 saturated heterocycles. The number of hydrogen-bond donors (Lipinski definition) is 1. The third-order valence-corrected chi connectivity index (χ3v) is 3.91. The Morgan fingerprint density at radius 2 is 2.25 bits per heavy atom. The molecule has 1 unspecified atom stereocenters. The molecule has 0 aliphatic rings. The molecule has 3 rings (SSSR count). The van der Waals surface area contributed by atoms with Gasteiger partial charge < -0.3 is 9.73 Å². The molecule has 3 aromatic heterocycles. The molecule has 0 saturated carbocycles. The van der Waals surface area contributed by atoms with Crippen LogP contribution in [0.3, 0.4) is 0 Å². The van der Waals surface area contributed by atoms with Crippen LogP contribution in [0.4, 0.5) is 0 Å². The maximum absolute atomic E-state index is 5.37. The lowest BCUT2D eigenvalue weighted by molar-refractivity contribution is 0.429. The molecule has 20 heavy (non-hydrogen) atoms. The minimum atomic E-state index is 0.171. The molecule has 1 N–H and O–H groups in total. The third kappa shape index (κ3) is 2.95. The first-order valence-corrected chi connectivity index (χ1v) is 7.33. The second-order valence-corrected chi connectivity index (χ2v) is 5.34. The summed E-state index contributed by atoms with van der Waals surface area (Å²) in [6.07, 6.45) is 3.48. The molecule has 0 aliphatic carbocycles. The highest BCUT2D eigenvalue weighted by molar-refractivity contribution is 7.13. The molecule has 0 aliphatic heterocycles. The molecule has 5 heteroatoms. The van der Waals surface area contributed by atoms with Crippen molar-refractivity contribution in [3.8, 4) is 10.7 Å². The summed E-state index contributed by atoms with van der Waals surface area (Å²) in [6, 6.07) is 9.89. The van der Waals surface area contributed by atoms with Crippen LogP contribution < -0.4 is 5.32 Å². The van der Waals surface area contributed by atoms with E-state index < -0.39 is 0 Å². The molecule has 3 aromatic rings. The fourth-order valence-electron chi connectivity index (χ4n) is 1.89. The summed E-state index contributed by atoms with van der Waals surface area (Å²) >= 11 is 1.61. The zero-order valence-electron chi connectivity index (χ0n) is 11.1. The van der Waals surface area contributed by atoms with Crippen molar-refractivity contribution >= 4 is 11.3 Å². The summed E-state index contributed by atoms with van der Waals surface area (Å²) < 4.78 is 5.37. The van der Waals surface area contributed by atoms with Crippen LogP contribution >= 0.6 is 11.3 Å². The van der Waals surface area contributed by atoms with Crippen LogP contribution in [0.1, 0.15) is 24.4 Å². The Hall–Kier alpha value is -1.98. The minimum absolute atomic E-state index is 0.171. The number of nitrogens with zero attached hydrogens (tertiary/aromatic N) is 2. The quantitative estimate of drug-likeness (QED) is 0.777. The molecule has 0 aromatic carbocycles. The Kier molecular flexibility index (Phi) is 3.90. The second kappa shape index (κ2) is 5.98. The van der Waals surface area contributed by atoms with Crippen molar-refractivity contribution in [1.29, 1.82) is 0 Å². The number of pyridine rings is 1. The Morgan fingerprint density at radius 3 is 3.00 bits per heavy atom. The summed E-state index contributed by atoms with van der Waals surface area (Å²) in [5, 5.41) is 6.41. The predicted octanol–water partition coefficient (Wildman–Crippen LogP) is 3.65. The van der Waals surface area contributed by atoms with E-state index in [0.717, 1.165) is 22.2 Å². The first-order chi connectivity index (χ1) is 9.83. The van der Waals surface area contributed by atoms with Gasteiger partial charge in [-0.15, -0.1) is 11.3 Å². The largest absolute Gasteiger partial charge is 0.468 e. The topological polar surface area (TPSA) is 51.0 Å². The molecule has 0 bridgehead atoms. The first-order valence-electron chi connectivity index (χ1n) is 6.45. The predicted molar refractivity (Wildman–Crippen MR) is 79.3 cm³/mol. The average molecular weight is 285 g/mol. The van der Waals surface area contributed by atoms with E-state index in [1.54, 1.807) is 23.8 Å². The van der Waals surface area contributed by atoms with Crippen LogP contribution in [-0.2, 0) is 6.54 Å². The van der Waals surface area contributed by atoms with Gasteiger partial charge in [0.25, 0.3) is 0 Å². The van der Waals surface area contributed by atoms with Gasteiger partial charge in [0.05, 0.1) is 23.7 Å². The zero-order chi connectivity index (χ0) is 13.8. The van der Waals surface area contributed by atoms with Gasteiger partial charge in [0.2, 0.25) is 0 Å². The molecule has 0 radical (unpaired) electrons. The van der Waals surface area contributed by atoms with Gasteiger partial charge in [-0.3, -0.25) is 4.98 Å². The van der Waals surface area contributed by atoms with Crippen LogP contribution in [-0.4, -0.2) is 9.97 Å². The highest BCUT2D eigenvalue weighted by Gasteiger charge is 2.09. The van der Waals surface area contributed by atoms with E-state index in [1.807, 2.05) is 30.3 Å². The number of furan rings is 1. The van der Waals surface area contributed by atoms with Gasteiger partial charge in [0.15, 0.2) is 0 Å². The van der Waals surface area contributed by atoms with Gasteiger partial charge in [-0.2, -0.15) is 0 Å². The highest BCUT2D eigenvalue weighted by Crippen LogP contribution is 2.21. The molecule has 4 nitrogen and oxygen atoms in total. The van der Waals surface area contributed by atoms with E-state index in [1.165, 1.54) is 0 Å². The van der Waals surface area contributed by atoms with Gasteiger partial charge >= 0.3 is 0 Å². The number of aromatic nitrogens is 2. The highest BCUT2D eigenvalue weighted by atomic mass is 32.1. The number of rotatable bonds is 5. The lowest BCUT2D eigenvalue weighted by Crippen LogP contribution is -2.17. The molecule has 102 valence electrons. The smallest absolute Gasteiger partial charge is 0.142 e. The number of thiazole rings is 1. The van der Waals surface area contributed by atoms with Crippen LogP contribution in [0.5, 0.6) is 0 Å². The van der Waals surface area contributed by atoms with Gasteiger partial charge in [-0.05, 0) is 31.2 Å². The lowest BCUT2D eigenvalue weighted by atomic mass is 10.2. The Bertz CT molecular complexity index is 649. The molecule has 0 fully saturated rings. The van der Waals surface area contributed by atoms with Crippen LogP contribution in [0.25, 0.3) is 10.7 Å². The molecule has 1 atom stereocenters. The van der Waals surface area contributed by atoms with Gasteiger partial charge in [0, 0.05) is 18.1 Å². The standard InChI is InChI=1S/C15H15N3OS/c1-11(14-6-4-8-19-14)17-9-12-10-20-15(18-12)13-5-2-3-7-16-13/h2-8,10-11,17H,9H2,1H3. The van der Waals surface area contributed by atoms with Crippen LogP contribution in [0, 0.1) is 0 Å². The molecule has 3 heterocycles. The third-order valence-electron chi connectivity index (χ3n) is 3.00. The summed E-state index contributed by atoms with van der Waals surface area (Å²) in [5.74, 6) is 0.935. The maximum atomic E-state index is 5.37. The number of hydrogen-bond acceptors (Lipinski definition) is 5. The normalized spacial score (nSPS) is 12.4. The molecular formula is C15H15N3OS. The van der Waals surface area contributed by atoms with E-state index in [4.69, 9.17) is 4.42 Å². The fraction of sp³-hybridized carbons (Fsp3) is 0.200. The Balaban J connectivity index is 1.63. The van der Waals surface area contributed by atoms with Crippen molar-refractivity contribution in [1.82, 2.24) is 15.3 Å². The van der Waals surface area contributed by atoms with E-state index in [0.29, 0.717) is 6.54 Å². The van der Waals surface area contributed by atoms with Crippen molar-refractivity contribution in [3.63, 3.8) is 0 Å². The monoisotopic (exact) mass is 285 g/mol. The number of nitrogens with one attached hydrogen (secondary N) is 1. The minimum Gasteiger partial charge on any atom is -0.468 e. The maximum Gasteiger partial charge on any atom is 0.142 e. The average Bonchev–Trinajstić information content (AvgIpc) is 3.17. The molecular weight excluding hydrogens is 270 g/mol. The van der Waals surface area contributed by atoms with Gasteiger partial charge in [0.1, 0.15) is 10.8 Å². The molecule has 0 amide bonds. The lowest BCUT2D eigenvalue weighted by Gasteiger charge is -2.09. The summed E-state index contributed by atoms with van der Waals surface area (Å²) in [4.78, 5) is 8.91. The van der Waals surface area contributed by atoms with Crippen molar-refractivity contribution in [2.45, 2.75) is 19.5 Å². The van der Waals surface area contributed by atoms with E-state index in [2.05, 4.69) is 27.6 Å².